The van der Waals surface area contributed by atoms with Crippen LogP contribution in [0.1, 0.15) is 26.2 Å². The van der Waals surface area contributed by atoms with Gasteiger partial charge >= 0.3 is 11.9 Å². The monoisotopic (exact) mass is 229 g/mol. The Morgan fingerprint density at radius 3 is 2.19 bits per heavy atom. The fraction of sp³-hybridized carbons (Fsp3) is 0.700. The van der Waals surface area contributed by atoms with Crippen molar-refractivity contribution in [2.45, 2.75) is 32.3 Å². The van der Waals surface area contributed by atoms with Crippen LogP contribution in [0.15, 0.2) is 0 Å². The molecule has 0 radical (unpaired) electrons. The zero-order valence-electron chi connectivity index (χ0n) is 9.14. The van der Waals surface area contributed by atoms with E-state index in [-0.39, 0.29) is 0 Å². The zero-order chi connectivity index (χ0) is 12.1. The van der Waals surface area contributed by atoms with E-state index >= 15 is 0 Å². The molecule has 0 aromatic rings. The maximum absolute atomic E-state index is 11.7. The number of nitrogens with zero attached hydrogens (tertiary/aromatic N) is 1. The highest BCUT2D eigenvalue weighted by Gasteiger charge is 2.33. The minimum Gasteiger partial charge on any atom is -0.478 e. The van der Waals surface area contributed by atoms with E-state index in [1.54, 1.807) is 0 Å². The number of carboxylic acids is 1. The van der Waals surface area contributed by atoms with E-state index in [0.29, 0.717) is 13.1 Å². The molecule has 0 aromatic carbocycles. The fourth-order valence-electron chi connectivity index (χ4n) is 1.65. The van der Waals surface area contributed by atoms with Gasteiger partial charge in [0.25, 0.3) is 12.0 Å². The summed E-state index contributed by atoms with van der Waals surface area (Å²) in [5, 5.41) is 8.80. The van der Waals surface area contributed by atoms with Crippen molar-refractivity contribution in [3.05, 3.63) is 0 Å². The highest BCUT2D eigenvalue weighted by Crippen LogP contribution is 2.11. The maximum atomic E-state index is 11.7. The van der Waals surface area contributed by atoms with Crippen LogP contribution in [0, 0.1) is 0 Å². The van der Waals surface area contributed by atoms with Gasteiger partial charge in [-0.1, -0.05) is 0 Å². The molecule has 1 aliphatic rings. The smallest absolute Gasteiger partial charge is 0.355 e. The van der Waals surface area contributed by atoms with Crippen LogP contribution in [0.3, 0.4) is 0 Å². The van der Waals surface area contributed by atoms with Gasteiger partial charge in [0, 0.05) is 20.0 Å². The van der Waals surface area contributed by atoms with Crippen LogP contribution >= 0.6 is 0 Å². The molecule has 1 saturated heterocycles. The Balaban J connectivity index is 2.65. The van der Waals surface area contributed by atoms with Crippen LogP contribution in [0.2, 0.25) is 0 Å². The second-order valence-electron chi connectivity index (χ2n) is 3.71. The summed E-state index contributed by atoms with van der Waals surface area (Å²) < 4.78 is 4.50. The number of esters is 1. The molecule has 16 heavy (non-hydrogen) atoms. The molecule has 6 nitrogen and oxygen atoms in total. The van der Waals surface area contributed by atoms with Gasteiger partial charge in [0.05, 0.1) is 0 Å². The molecule has 90 valence electrons. The van der Waals surface area contributed by atoms with E-state index in [9.17, 15) is 14.4 Å². The third-order valence-corrected chi connectivity index (χ3v) is 2.40. The number of aliphatic carboxylic acids is 1. The van der Waals surface area contributed by atoms with Gasteiger partial charge in [-0.25, -0.2) is 4.79 Å². The van der Waals surface area contributed by atoms with E-state index in [4.69, 9.17) is 5.11 Å². The highest BCUT2D eigenvalue weighted by molar-refractivity contribution is 6.01. The van der Waals surface area contributed by atoms with Gasteiger partial charge in [-0.05, 0) is 19.3 Å². The summed E-state index contributed by atoms with van der Waals surface area (Å²) in [4.78, 5) is 34.7. The van der Waals surface area contributed by atoms with Gasteiger partial charge in [0.2, 0.25) is 0 Å². The first kappa shape index (κ1) is 12.5. The van der Waals surface area contributed by atoms with E-state index in [0.717, 1.165) is 26.2 Å². The molecule has 1 rings (SSSR count). The molecule has 0 saturated carbocycles. The first-order valence-corrected chi connectivity index (χ1v) is 5.21. The molecular weight excluding hydrogens is 214 g/mol. The van der Waals surface area contributed by atoms with Crippen molar-refractivity contribution in [2.75, 3.05) is 13.1 Å². The largest absolute Gasteiger partial charge is 0.478 e. The molecule has 0 spiro atoms. The van der Waals surface area contributed by atoms with Crippen molar-refractivity contribution in [2.24, 2.45) is 0 Å². The topological polar surface area (TPSA) is 83.9 Å². The molecule has 6 heteroatoms. The third-order valence-electron chi connectivity index (χ3n) is 2.40. The standard InChI is InChI=1S/C10H15NO5/c1-7(12)16-8(10(14)15)9(13)11-5-3-2-4-6-11/h8H,2-6H2,1H3,(H,14,15). The van der Waals surface area contributed by atoms with Crippen molar-refractivity contribution in [3.8, 4) is 0 Å². The van der Waals surface area contributed by atoms with Gasteiger partial charge in [0.15, 0.2) is 0 Å². The predicted molar refractivity (Wildman–Crippen MR) is 53.6 cm³/mol. The number of amides is 1. The van der Waals surface area contributed by atoms with Gasteiger partial charge in [0.1, 0.15) is 0 Å². The molecule has 0 aromatic heterocycles. The number of hydrogen-bond donors (Lipinski definition) is 1. The Labute approximate surface area is 93.2 Å². The van der Waals surface area contributed by atoms with Crippen molar-refractivity contribution >= 4 is 17.8 Å². The third kappa shape index (κ3) is 3.22. The predicted octanol–water partition coefficient (Wildman–Crippen LogP) is 0.0152. The lowest BCUT2D eigenvalue weighted by Crippen LogP contribution is -2.47. The van der Waals surface area contributed by atoms with E-state index in [2.05, 4.69) is 4.74 Å². The second-order valence-corrected chi connectivity index (χ2v) is 3.71. The number of ether oxygens (including phenoxy) is 1. The lowest BCUT2D eigenvalue weighted by Gasteiger charge is -2.28. The zero-order valence-corrected chi connectivity index (χ0v) is 9.14. The number of piperidine rings is 1. The Morgan fingerprint density at radius 2 is 1.75 bits per heavy atom. The van der Waals surface area contributed by atoms with Crippen molar-refractivity contribution < 1.29 is 24.2 Å². The Hall–Kier alpha value is -1.59. The number of carboxylic acid groups (broad SMARTS) is 1. The minimum atomic E-state index is -1.70. The van der Waals surface area contributed by atoms with Crippen LogP contribution in [0.25, 0.3) is 0 Å². The Kier molecular flexibility index (Phi) is 4.28. The van der Waals surface area contributed by atoms with Gasteiger partial charge in [-0.2, -0.15) is 0 Å². The Morgan fingerprint density at radius 1 is 1.19 bits per heavy atom. The van der Waals surface area contributed by atoms with Crippen molar-refractivity contribution in [3.63, 3.8) is 0 Å². The molecule has 1 aliphatic heterocycles. The molecule has 0 bridgehead atoms. The van der Waals surface area contributed by atoms with Crippen LogP contribution in [-0.4, -0.2) is 47.0 Å². The van der Waals surface area contributed by atoms with Crippen molar-refractivity contribution in [1.82, 2.24) is 4.90 Å². The van der Waals surface area contributed by atoms with Crippen LogP contribution in [-0.2, 0) is 19.1 Å². The summed E-state index contributed by atoms with van der Waals surface area (Å²) in [5.41, 5.74) is 0. The SMILES string of the molecule is CC(=O)OC(C(=O)O)C(=O)N1CCCCC1. The molecule has 1 atom stereocenters. The number of hydrogen-bond acceptors (Lipinski definition) is 4. The van der Waals surface area contributed by atoms with E-state index < -0.39 is 23.9 Å². The molecule has 1 amide bonds. The summed E-state index contributed by atoms with van der Waals surface area (Å²) in [7, 11) is 0. The van der Waals surface area contributed by atoms with Gasteiger partial charge in [-0.3, -0.25) is 9.59 Å². The summed E-state index contributed by atoms with van der Waals surface area (Å²) in [6, 6.07) is 0. The first-order valence-electron chi connectivity index (χ1n) is 5.21. The van der Waals surface area contributed by atoms with Crippen LogP contribution in [0.4, 0.5) is 0 Å². The van der Waals surface area contributed by atoms with Gasteiger partial charge < -0.3 is 14.7 Å². The summed E-state index contributed by atoms with van der Waals surface area (Å²) in [5.74, 6) is -2.83. The summed E-state index contributed by atoms with van der Waals surface area (Å²) in [6.45, 7) is 2.15. The molecule has 0 aliphatic carbocycles. The van der Waals surface area contributed by atoms with E-state index in [1.807, 2.05) is 0 Å². The average Bonchev–Trinajstić information content (AvgIpc) is 2.25. The minimum absolute atomic E-state index is 0.532. The first-order chi connectivity index (χ1) is 7.52. The lowest BCUT2D eigenvalue weighted by molar-refractivity contribution is -0.171. The molecular formula is C10H15NO5. The van der Waals surface area contributed by atoms with Crippen LogP contribution < -0.4 is 0 Å². The molecule has 1 heterocycles. The highest BCUT2D eigenvalue weighted by atomic mass is 16.6. The summed E-state index contributed by atoms with van der Waals surface area (Å²) in [6.07, 6.45) is 1.06. The van der Waals surface area contributed by atoms with Crippen LogP contribution in [0.5, 0.6) is 0 Å². The fourth-order valence-corrected chi connectivity index (χ4v) is 1.65. The molecule has 1 N–H and O–H groups in total. The van der Waals surface area contributed by atoms with E-state index in [1.165, 1.54) is 4.90 Å². The number of carbonyl (C=O) groups is 3. The quantitative estimate of drug-likeness (QED) is 0.544. The molecule has 1 fully saturated rings. The average molecular weight is 229 g/mol. The number of likely N-dealkylation sites (tertiary alicyclic amines) is 1. The Bertz CT molecular complexity index is 296. The van der Waals surface area contributed by atoms with Gasteiger partial charge in [-0.15, -0.1) is 0 Å². The number of carbonyl (C=O) groups excluding carboxylic acids is 2. The maximum Gasteiger partial charge on any atom is 0.355 e. The van der Waals surface area contributed by atoms with Crippen molar-refractivity contribution in [1.29, 1.82) is 0 Å². The normalized spacial score (nSPS) is 17.7. The summed E-state index contributed by atoms with van der Waals surface area (Å²) >= 11 is 0. The second kappa shape index (κ2) is 5.48. The number of rotatable bonds is 3. The lowest BCUT2D eigenvalue weighted by atomic mass is 10.1. The molecule has 1 unspecified atom stereocenters.